The van der Waals surface area contributed by atoms with Gasteiger partial charge in [-0.25, -0.2) is 0 Å². The van der Waals surface area contributed by atoms with E-state index >= 15 is 0 Å². The number of piperazine rings is 1. The topological polar surface area (TPSA) is 58.2 Å². The summed E-state index contributed by atoms with van der Waals surface area (Å²) in [5.74, 6) is 0.521. The predicted molar refractivity (Wildman–Crippen MR) is 49.3 cm³/mol. The molecule has 1 saturated heterocycles. The maximum Gasteiger partial charge on any atom is 0.309 e. The van der Waals surface area contributed by atoms with E-state index in [1.807, 2.05) is 0 Å². The average molecular weight is 194 g/mol. The van der Waals surface area contributed by atoms with E-state index in [9.17, 15) is 9.59 Å². The van der Waals surface area contributed by atoms with Crippen LogP contribution < -0.4 is 10.6 Å². The van der Waals surface area contributed by atoms with Crippen molar-refractivity contribution in [3.63, 3.8) is 0 Å². The number of hydrogen-bond acceptors (Lipinski definition) is 2. The van der Waals surface area contributed by atoms with Gasteiger partial charge in [-0.05, 0) is 37.5 Å². The third-order valence-corrected chi connectivity index (χ3v) is 4.04. The van der Waals surface area contributed by atoms with Crippen molar-refractivity contribution >= 4 is 11.8 Å². The van der Waals surface area contributed by atoms with Crippen molar-refractivity contribution in [1.29, 1.82) is 0 Å². The first-order chi connectivity index (χ1) is 6.75. The highest BCUT2D eigenvalue weighted by molar-refractivity contribution is 6.35. The molecule has 3 rings (SSSR count). The third-order valence-electron chi connectivity index (χ3n) is 4.04. The Morgan fingerprint density at radius 1 is 0.929 bits per heavy atom. The maximum absolute atomic E-state index is 11.2. The average Bonchev–Trinajstić information content (AvgIpc) is 2.09. The Balaban J connectivity index is 1.80. The highest BCUT2D eigenvalue weighted by Gasteiger charge is 2.48. The summed E-state index contributed by atoms with van der Waals surface area (Å²) in [6.45, 7) is 0. The van der Waals surface area contributed by atoms with Crippen LogP contribution in [0.1, 0.15) is 25.7 Å². The molecular formula is C10H14N2O2. The fourth-order valence-corrected chi connectivity index (χ4v) is 3.12. The molecule has 1 heterocycles. The van der Waals surface area contributed by atoms with Crippen molar-refractivity contribution in [3.05, 3.63) is 0 Å². The molecule has 0 bridgehead atoms. The molecule has 0 aromatic rings. The van der Waals surface area contributed by atoms with Gasteiger partial charge in [0.1, 0.15) is 0 Å². The van der Waals surface area contributed by atoms with Gasteiger partial charge in [-0.1, -0.05) is 0 Å². The second-order valence-electron chi connectivity index (χ2n) is 4.66. The Labute approximate surface area is 82.4 Å². The zero-order chi connectivity index (χ0) is 9.71. The van der Waals surface area contributed by atoms with Crippen molar-refractivity contribution in [2.45, 2.75) is 37.8 Å². The molecule has 0 aromatic heterocycles. The summed E-state index contributed by atoms with van der Waals surface area (Å²) in [6, 6.07) is 0.412. The molecule has 0 radical (unpaired) electrons. The minimum absolute atomic E-state index is 0.196. The van der Waals surface area contributed by atoms with Crippen LogP contribution in [0.2, 0.25) is 0 Å². The van der Waals surface area contributed by atoms with E-state index in [2.05, 4.69) is 10.6 Å². The number of nitrogens with one attached hydrogen (secondary N) is 2. The van der Waals surface area contributed by atoms with E-state index in [-0.39, 0.29) is 12.1 Å². The Morgan fingerprint density at radius 3 is 2.36 bits per heavy atom. The molecule has 4 heteroatoms. The normalized spacial score (nSPS) is 45.4. The summed E-state index contributed by atoms with van der Waals surface area (Å²) < 4.78 is 0. The van der Waals surface area contributed by atoms with Crippen LogP contribution in [0.15, 0.2) is 0 Å². The molecule has 3 aliphatic rings. The number of rotatable bonds is 0. The first-order valence-electron chi connectivity index (χ1n) is 5.37. The lowest BCUT2D eigenvalue weighted by Gasteiger charge is -2.51. The molecule has 0 aromatic carbocycles. The van der Waals surface area contributed by atoms with E-state index in [1.165, 1.54) is 19.3 Å². The quantitative estimate of drug-likeness (QED) is 0.524. The Hall–Kier alpha value is -1.06. The molecule has 3 fully saturated rings. The zero-order valence-corrected chi connectivity index (χ0v) is 7.95. The molecule has 2 amide bonds. The minimum atomic E-state index is -0.455. The zero-order valence-electron chi connectivity index (χ0n) is 7.95. The van der Waals surface area contributed by atoms with Gasteiger partial charge in [0.05, 0.1) is 6.04 Å². The van der Waals surface area contributed by atoms with Gasteiger partial charge in [0.15, 0.2) is 0 Å². The van der Waals surface area contributed by atoms with Gasteiger partial charge in [-0.3, -0.25) is 9.59 Å². The lowest BCUT2D eigenvalue weighted by molar-refractivity contribution is -0.145. The van der Waals surface area contributed by atoms with Gasteiger partial charge in [0.25, 0.3) is 0 Å². The maximum atomic E-state index is 11.2. The summed E-state index contributed by atoms with van der Waals surface area (Å²) in [4.78, 5) is 22.3. The Kier molecular flexibility index (Phi) is 1.60. The van der Waals surface area contributed by atoms with Gasteiger partial charge in [-0.15, -0.1) is 0 Å². The number of amides is 2. The third kappa shape index (κ3) is 0.996. The van der Waals surface area contributed by atoms with Crippen molar-refractivity contribution in [1.82, 2.24) is 10.6 Å². The summed E-state index contributed by atoms with van der Waals surface area (Å²) in [7, 11) is 0. The van der Waals surface area contributed by atoms with Crippen molar-refractivity contribution in [2.24, 2.45) is 11.8 Å². The molecule has 0 spiro atoms. The van der Waals surface area contributed by atoms with Crippen LogP contribution in [0.4, 0.5) is 0 Å². The van der Waals surface area contributed by atoms with Gasteiger partial charge in [0, 0.05) is 6.04 Å². The highest BCUT2D eigenvalue weighted by Crippen LogP contribution is 2.45. The lowest BCUT2D eigenvalue weighted by atomic mass is 9.61. The van der Waals surface area contributed by atoms with Gasteiger partial charge >= 0.3 is 11.8 Å². The molecule has 2 aliphatic carbocycles. The molecule has 76 valence electrons. The SMILES string of the molecule is O=C1NC2CCC3CCC3C2NC1=O. The number of carbonyl (C=O) groups is 2. The second-order valence-corrected chi connectivity index (χ2v) is 4.66. The van der Waals surface area contributed by atoms with Crippen molar-refractivity contribution in [2.75, 3.05) is 0 Å². The standard InChI is InChI=1S/C10H14N2O2/c13-9-10(14)12-8-6-3-1-5(6)2-4-7(8)11-9/h5-8H,1-4H2,(H,11,13)(H,12,14). The van der Waals surface area contributed by atoms with E-state index in [4.69, 9.17) is 0 Å². The van der Waals surface area contributed by atoms with Gasteiger partial charge < -0.3 is 10.6 Å². The van der Waals surface area contributed by atoms with Crippen LogP contribution in [-0.2, 0) is 9.59 Å². The summed E-state index contributed by atoms with van der Waals surface area (Å²) in [5.41, 5.74) is 0. The van der Waals surface area contributed by atoms with Crippen molar-refractivity contribution < 1.29 is 9.59 Å². The van der Waals surface area contributed by atoms with Crippen LogP contribution in [0.3, 0.4) is 0 Å². The first kappa shape index (κ1) is 8.26. The van der Waals surface area contributed by atoms with E-state index < -0.39 is 11.8 Å². The molecular weight excluding hydrogens is 180 g/mol. The van der Waals surface area contributed by atoms with Crippen LogP contribution in [0.25, 0.3) is 0 Å². The van der Waals surface area contributed by atoms with E-state index in [0.29, 0.717) is 5.92 Å². The second kappa shape index (κ2) is 2.72. The molecule has 4 nitrogen and oxygen atoms in total. The number of hydrogen-bond donors (Lipinski definition) is 2. The molecule has 2 N–H and O–H groups in total. The smallest absolute Gasteiger partial charge is 0.309 e. The number of carbonyl (C=O) groups excluding carboxylic acids is 2. The monoisotopic (exact) mass is 194 g/mol. The highest BCUT2D eigenvalue weighted by atomic mass is 16.2. The van der Waals surface area contributed by atoms with E-state index in [0.717, 1.165) is 12.3 Å². The summed E-state index contributed by atoms with van der Waals surface area (Å²) in [6.07, 6.45) is 4.75. The summed E-state index contributed by atoms with van der Waals surface area (Å²) in [5, 5.41) is 5.65. The van der Waals surface area contributed by atoms with Crippen LogP contribution in [-0.4, -0.2) is 23.9 Å². The summed E-state index contributed by atoms with van der Waals surface area (Å²) >= 11 is 0. The molecule has 1 aliphatic heterocycles. The molecule has 4 unspecified atom stereocenters. The predicted octanol–water partition coefficient (Wildman–Crippen LogP) is -0.210. The molecule has 4 atom stereocenters. The molecule has 14 heavy (non-hydrogen) atoms. The Morgan fingerprint density at radius 2 is 1.64 bits per heavy atom. The van der Waals surface area contributed by atoms with Crippen molar-refractivity contribution in [3.8, 4) is 0 Å². The van der Waals surface area contributed by atoms with Crippen LogP contribution >= 0.6 is 0 Å². The minimum Gasteiger partial charge on any atom is -0.343 e. The number of fused-ring (bicyclic) bond motifs is 3. The van der Waals surface area contributed by atoms with E-state index in [1.54, 1.807) is 0 Å². The lowest BCUT2D eigenvalue weighted by Crippen LogP contribution is -2.68. The van der Waals surface area contributed by atoms with Gasteiger partial charge in [0.2, 0.25) is 0 Å². The fourth-order valence-electron chi connectivity index (χ4n) is 3.12. The van der Waals surface area contributed by atoms with Crippen LogP contribution in [0.5, 0.6) is 0 Å². The van der Waals surface area contributed by atoms with Crippen LogP contribution in [0, 0.1) is 11.8 Å². The fraction of sp³-hybridized carbons (Fsp3) is 0.800. The largest absolute Gasteiger partial charge is 0.343 e. The molecule has 2 saturated carbocycles. The van der Waals surface area contributed by atoms with Gasteiger partial charge in [-0.2, -0.15) is 0 Å². The Bertz CT molecular complexity index is 302. The first-order valence-corrected chi connectivity index (χ1v) is 5.37.